The Labute approximate surface area is 183 Å². The van der Waals surface area contributed by atoms with Crippen LogP contribution in [0.3, 0.4) is 0 Å². The van der Waals surface area contributed by atoms with Crippen LogP contribution in [-0.4, -0.2) is 47.8 Å². The number of anilines is 1. The Bertz CT molecular complexity index is 848. The van der Waals surface area contributed by atoms with Gasteiger partial charge in [0, 0.05) is 38.2 Å². The number of piperidine rings is 1. The number of methoxy groups -OCH3 is 1. The van der Waals surface area contributed by atoms with Crippen LogP contribution in [0.25, 0.3) is 0 Å². The quantitative estimate of drug-likeness (QED) is 0.623. The molecule has 1 N–H and O–H groups in total. The van der Waals surface area contributed by atoms with Crippen molar-refractivity contribution >= 4 is 11.9 Å². The van der Waals surface area contributed by atoms with Gasteiger partial charge in [0.25, 0.3) is 0 Å². The highest BCUT2D eigenvalue weighted by Gasteiger charge is 2.43. The molecule has 0 spiro atoms. The van der Waals surface area contributed by atoms with E-state index < -0.39 is 5.97 Å². The number of aliphatic carboxylic acids is 1. The van der Waals surface area contributed by atoms with Gasteiger partial charge in [0.2, 0.25) is 5.95 Å². The molecule has 2 aliphatic rings. The Kier molecular flexibility index (Phi) is 7.02. The first kappa shape index (κ1) is 21.6. The van der Waals surface area contributed by atoms with Crippen molar-refractivity contribution in [3.05, 3.63) is 47.8 Å². The van der Waals surface area contributed by atoms with E-state index in [1.807, 2.05) is 36.7 Å². The molecule has 1 aromatic carbocycles. The first-order valence-electron chi connectivity index (χ1n) is 11.1. The fourth-order valence-electron chi connectivity index (χ4n) is 4.67. The molecule has 2 aromatic rings. The van der Waals surface area contributed by atoms with Crippen LogP contribution >= 0.6 is 0 Å². The number of carboxylic acid groups (broad SMARTS) is 1. The molecule has 2 atom stereocenters. The number of nitrogens with zero attached hydrogens (tertiary/aromatic N) is 3. The summed E-state index contributed by atoms with van der Waals surface area (Å²) in [5.41, 5.74) is 1.80. The second-order valence-corrected chi connectivity index (χ2v) is 8.66. The zero-order valence-electron chi connectivity index (χ0n) is 18.1. The Hall–Kier alpha value is -2.67. The lowest BCUT2D eigenvalue weighted by Crippen LogP contribution is -2.35. The fourth-order valence-corrected chi connectivity index (χ4v) is 4.67. The first-order chi connectivity index (χ1) is 15.1. The molecule has 2 heterocycles. The van der Waals surface area contributed by atoms with Crippen molar-refractivity contribution in [3.63, 3.8) is 0 Å². The van der Waals surface area contributed by atoms with Crippen molar-refractivity contribution in [1.29, 1.82) is 0 Å². The van der Waals surface area contributed by atoms with Gasteiger partial charge < -0.3 is 19.5 Å². The number of carbonyl (C=O) groups is 1. The summed E-state index contributed by atoms with van der Waals surface area (Å²) in [7, 11) is 1.68. The Morgan fingerprint density at radius 3 is 2.48 bits per heavy atom. The maximum absolute atomic E-state index is 10.7. The van der Waals surface area contributed by atoms with Crippen molar-refractivity contribution < 1.29 is 19.4 Å². The molecule has 1 saturated heterocycles. The molecular weight excluding hydrogens is 394 g/mol. The third kappa shape index (κ3) is 5.94. The van der Waals surface area contributed by atoms with E-state index in [0.717, 1.165) is 66.7 Å². The standard InChI is InChI=1S/C24H31N3O4/c1-30-16-18-14-25-24(26-15-18)27-9-6-19(7-10-27)22-13-20(22)8-11-31-21-4-2-17(3-5-21)12-23(28)29/h2-5,14-15,19-20,22H,6-13,16H2,1H3,(H,28,29). The molecule has 1 aromatic heterocycles. The molecule has 1 aliphatic heterocycles. The van der Waals surface area contributed by atoms with Crippen molar-refractivity contribution in [2.75, 3.05) is 31.7 Å². The van der Waals surface area contributed by atoms with E-state index in [1.54, 1.807) is 7.11 Å². The summed E-state index contributed by atoms with van der Waals surface area (Å²) in [6.07, 6.45) is 8.57. The topological polar surface area (TPSA) is 84.8 Å². The van der Waals surface area contributed by atoms with Gasteiger partial charge in [0.1, 0.15) is 5.75 Å². The van der Waals surface area contributed by atoms with Gasteiger partial charge >= 0.3 is 5.97 Å². The molecule has 2 unspecified atom stereocenters. The van der Waals surface area contributed by atoms with Crippen molar-refractivity contribution in [2.45, 2.75) is 38.7 Å². The minimum Gasteiger partial charge on any atom is -0.494 e. The number of rotatable bonds is 10. The Morgan fingerprint density at radius 2 is 1.84 bits per heavy atom. The number of carboxylic acids is 1. The zero-order chi connectivity index (χ0) is 21.6. The number of hydrogen-bond donors (Lipinski definition) is 1. The van der Waals surface area contributed by atoms with Crippen LogP contribution < -0.4 is 9.64 Å². The average Bonchev–Trinajstić information content (AvgIpc) is 3.55. The van der Waals surface area contributed by atoms with E-state index >= 15 is 0 Å². The normalized spacial score (nSPS) is 21.1. The predicted octanol–water partition coefficient (Wildman–Crippen LogP) is 3.57. The van der Waals surface area contributed by atoms with Gasteiger partial charge in [-0.25, -0.2) is 9.97 Å². The second kappa shape index (κ2) is 10.1. The number of hydrogen-bond acceptors (Lipinski definition) is 6. The molecule has 0 bridgehead atoms. The molecule has 0 amide bonds. The zero-order valence-corrected chi connectivity index (χ0v) is 18.1. The van der Waals surface area contributed by atoms with Crippen LogP contribution in [-0.2, 0) is 22.6 Å². The highest BCUT2D eigenvalue weighted by molar-refractivity contribution is 5.70. The van der Waals surface area contributed by atoms with Crippen LogP contribution in [0.2, 0.25) is 0 Å². The number of ether oxygens (including phenoxy) is 2. The van der Waals surface area contributed by atoms with Gasteiger partial charge in [-0.1, -0.05) is 12.1 Å². The molecule has 1 saturated carbocycles. The van der Waals surface area contributed by atoms with E-state index in [9.17, 15) is 4.79 Å². The molecular formula is C24H31N3O4. The molecule has 7 heteroatoms. The lowest BCUT2D eigenvalue weighted by molar-refractivity contribution is -0.136. The van der Waals surface area contributed by atoms with Gasteiger partial charge in [-0.2, -0.15) is 0 Å². The van der Waals surface area contributed by atoms with E-state index in [-0.39, 0.29) is 6.42 Å². The Balaban J connectivity index is 1.15. The molecule has 2 fully saturated rings. The van der Waals surface area contributed by atoms with Crippen LogP contribution in [0.4, 0.5) is 5.95 Å². The minimum atomic E-state index is -0.813. The monoisotopic (exact) mass is 425 g/mol. The number of aromatic nitrogens is 2. The molecule has 1 aliphatic carbocycles. The third-order valence-corrected chi connectivity index (χ3v) is 6.44. The maximum Gasteiger partial charge on any atom is 0.307 e. The molecule has 0 radical (unpaired) electrons. The van der Waals surface area contributed by atoms with Crippen molar-refractivity contribution in [2.24, 2.45) is 17.8 Å². The van der Waals surface area contributed by atoms with Gasteiger partial charge in [0.05, 0.1) is 19.6 Å². The van der Waals surface area contributed by atoms with Crippen LogP contribution in [0.1, 0.15) is 36.8 Å². The van der Waals surface area contributed by atoms with Crippen molar-refractivity contribution in [1.82, 2.24) is 9.97 Å². The summed E-state index contributed by atoms with van der Waals surface area (Å²) in [5, 5.41) is 8.83. The fraction of sp³-hybridized carbons (Fsp3) is 0.542. The smallest absolute Gasteiger partial charge is 0.307 e. The highest BCUT2D eigenvalue weighted by Crippen LogP contribution is 2.49. The van der Waals surface area contributed by atoms with Gasteiger partial charge in [-0.3, -0.25) is 4.79 Å². The number of benzene rings is 1. The van der Waals surface area contributed by atoms with Gasteiger partial charge in [0.15, 0.2) is 0 Å². The van der Waals surface area contributed by atoms with Crippen molar-refractivity contribution in [3.8, 4) is 5.75 Å². The molecule has 31 heavy (non-hydrogen) atoms. The molecule has 4 rings (SSSR count). The minimum absolute atomic E-state index is 0.0497. The summed E-state index contributed by atoms with van der Waals surface area (Å²) in [6, 6.07) is 7.38. The SMILES string of the molecule is COCc1cnc(N2CCC(C3CC3CCOc3ccc(CC(=O)O)cc3)CC2)nc1. The largest absolute Gasteiger partial charge is 0.494 e. The highest BCUT2D eigenvalue weighted by atomic mass is 16.5. The van der Waals surface area contributed by atoms with E-state index in [4.69, 9.17) is 14.6 Å². The second-order valence-electron chi connectivity index (χ2n) is 8.66. The van der Waals surface area contributed by atoms with E-state index in [1.165, 1.54) is 19.3 Å². The maximum atomic E-state index is 10.7. The van der Waals surface area contributed by atoms with E-state index in [2.05, 4.69) is 14.9 Å². The van der Waals surface area contributed by atoms with Crippen LogP contribution in [0.15, 0.2) is 36.7 Å². The summed E-state index contributed by atoms with van der Waals surface area (Å²) in [6.45, 7) is 3.32. The summed E-state index contributed by atoms with van der Waals surface area (Å²) >= 11 is 0. The Morgan fingerprint density at radius 1 is 1.13 bits per heavy atom. The summed E-state index contributed by atoms with van der Waals surface area (Å²) in [5.74, 6) is 3.22. The molecule has 166 valence electrons. The average molecular weight is 426 g/mol. The predicted molar refractivity (Wildman–Crippen MR) is 117 cm³/mol. The van der Waals surface area contributed by atoms with Gasteiger partial charge in [-0.15, -0.1) is 0 Å². The summed E-state index contributed by atoms with van der Waals surface area (Å²) in [4.78, 5) is 22.0. The van der Waals surface area contributed by atoms with Gasteiger partial charge in [-0.05, 0) is 61.1 Å². The first-order valence-corrected chi connectivity index (χ1v) is 11.1. The summed E-state index contributed by atoms with van der Waals surface area (Å²) < 4.78 is 11.0. The lowest BCUT2D eigenvalue weighted by atomic mass is 9.90. The van der Waals surface area contributed by atoms with E-state index in [0.29, 0.717) is 6.61 Å². The third-order valence-electron chi connectivity index (χ3n) is 6.44. The van der Waals surface area contributed by atoms with Crippen LogP contribution in [0.5, 0.6) is 5.75 Å². The molecule has 7 nitrogen and oxygen atoms in total. The van der Waals surface area contributed by atoms with Crippen LogP contribution in [0, 0.1) is 17.8 Å². The lowest BCUT2D eigenvalue weighted by Gasteiger charge is -2.32.